The van der Waals surface area contributed by atoms with Gasteiger partial charge in [0.25, 0.3) is 0 Å². The monoisotopic (exact) mass is 258 g/mol. The van der Waals surface area contributed by atoms with Crippen molar-refractivity contribution in [1.82, 2.24) is 10.6 Å². The summed E-state index contributed by atoms with van der Waals surface area (Å²) in [6, 6.07) is 0. The molecule has 6 unspecified atom stereocenters. The molecule has 0 radical (unpaired) electrons. The molecule has 104 valence electrons. The minimum Gasteiger partial charge on any atom is -0.341 e. The third kappa shape index (κ3) is 1.97. The summed E-state index contributed by atoms with van der Waals surface area (Å²) < 4.78 is 23.7. The van der Waals surface area contributed by atoms with Gasteiger partial charge in [-0.05, 0) is 27.9 Å². The molecule has 3 aliphatic rings. The van der Waals surface area contributed by atoms with Gasteiger partial charge in [0.05, 0.1) is 0 Å². The highest BCUT2D eigenvalue weighted by Crippen LogP contribution is 2.42. The maximum absolute atomic E-state index is 5.98. The molecule has 3 rings (SSSR count). The van der Waals surface area contributed by atoms with Crippen LogP contribution in [0.2, 0.25) is 0 Å². The summed E-state index contributed by atoms with van der Waals surface area (Å²) in [6.45, 7) is 4.01. The second kappa shape index (κ2) is 4.13. The van der Waals surface area contributed by atoms with Crippen LogP contribution in [0.5, 0.6) is 0 Å². The number of ether oxygens (including phenoxy) is 4. The number of fused-ring (bicyclic) bond motifs is 2. The molecule has 6 heteroatoms. The molecule has 0 amide bonds. The molecule has 0 saturated carbocycles. The molecule has 0 aromatic rings. The number of nitrogens with one attached hydrogen (secondary N) is 2. The van der Waals surface area contributed by atoms with Gasteiger partial charge in [-0.2, -0.15) is 0 Å². The molecule has 3 aliphatic heterocycles. The molecule has 0 spiro atoms. The third-order valence-electron chi connectivity index (χ3n) is 4.22. The van der Waals surface area contributed by atoms with Gasteiger partial charge in [0.2, 0.25) is 0 Å². The molecule has 0 aromatic heterocycles. The van der Waals surface area contributed by atoms with E-state index in [-0.39, 0.29) is 36.2 Å². The van der Waals surface area contributed by atoms with Crippen molar-refractivity contribution in [2.45, 2.75) is 62.9 Å². The van der Waals surface area contributed by atoms with Crippen molar-refractivity contribution in [3.05, 3.63) is 0 Å². The minimum atomic E-state index is -0.375. The van der Waals surface area contributed by atoms with Gasteiger partial charge in [0, 0.05) is 12.8 Å². The lowest BCUT2D eigenvalue weighted by Crippen LogP contribution is -2.45. The lowest BCUT2D eigenvalue weighted by Gasteiger charge is -2.33. The average Bonchev–Trinajstić information content (AvgIpc) is 2.82. The first-order valence-corrected chi connectivity index (χ1v) is 6.51. The predicted molar refractivity (Wildman–Crippen MR) is 63.7 cm³/mol. The van der Waals surface area contributed by atoms with E-state index in [0.29, 0.717) is 0 Å². The lowest BCUT2D eigenvalue weighted by atomic mass is 10.1. The lowest BCUT2D eigenvalue weighted by molar-refractivity contribution is -0.318. The highest BCUT2D eigenvalue weighted by Gasteiger charge is 2.55. The van der Waals surface area contributed by atoms with Gasteiger partial charge >= 0.3 is 0 Å². The Hall–Kier alpha value is -0.240. The molecule has 2 N–H and O–H groups in total. The van der Waals surface area contributed by atoms with Crippen LogP contribution < -0.4 is 10.6 Å². The van der Waals surface area contributed by atoms with Gasteiger partial charge in [-0.25, -0.2) is 0 Å². The molecule has 3 fully saturated rings. The summed E-state index contributed by atoms with van der Waals surface area (Å²) in [5, 5.41) is 6.31. The molecule has 6 atom stereocenters. The molecular formula is C12H22N2O4. The van der Waals surface area contributed by atoms with Gasteiger partial charge in [-0.1, -0.05) is 0 Å². The molecule has 0 aliphatic carbocycles. The summed E-state index contributed by atoms with van der Waals surface area (Å²) in [4.78, 5) is 0. The SMILES string of the molecule is CNC1(C)CC2OC3OC(C)(NC)CC3OC2O1. The highest BCUT2D eigenvalue weighted by atomic mass is 16.8. The van der Waals surface area contributed by atoms with Crippen molar-refractivity contribution in [1.29, 1.82) is 0 Å². The zero-order valence-electron chi connectivity index (χ0n) is 11.4. The summed E-state index contributed by atoms with van der Waals surface area (Å²) in [5.74, 6) is 0. The molecule has 18 heavy (non-hydrogen) atoms. The van der Waals surface area contributed by atoms with Crippen molar-refractivity contribution >= 4 is 0 Å². The molecule has 3 saturated heterocycles. The fourth-order valence-corrected chi connectivity index (χ4v) is 2.84. The van der Waals surface area contributed by atoms with Gasteiger partial charge < -0.3 is 18.9 Å². The summed E-state index contributed by atoms with van der Waals surface area (Å²) in [5.41, 5.74) is -0.749. The van der Waals surface area contributed by atoms with E-state index in [9.17, 15) is 0 Å². The Morgan fingerprint density at radius 3 is 1.56 bits per heavy atom. The number of rotatable bonds is 2. The van der Waals surface area contributed by atoms with Gasteiger partial charge in [0.1, 0.15) is 23.7 Å². The predicted octanol–water partition coefficient (Wildman–Crippen LogP) is 0.134. The van der Waals surface area contributed by atoms with Gasteiger partial charge in [0.15, 0.2) is 12.6 Å². The fraction of sp³-hybridized carbons (Fsp3) is 1.00. The second-order valence-electron chi connectivity index (χ2n) is 5.69. The summed E-state index contributed by atoms with van der Waals surface area (Å²) >= 11 is 0. The second-order valence-corrected chi connectivity index (χ2v) is 5.69. The first-order chi connectivity index (χ1) is 8.47. The highest BCUT2D eigenvalue weighted by molar-refractivity contribution is 4.94. The normalized spacial score (nSPS) is 55.3. The molecule has 3 heterocycles. The van der Waals surface area contributed by atoms with Crippen molar-refractivity contribution < 1.29 is 18.9 Å². The topological polar surface area (TPSA) is 61.0 Å². The van der Waals surface area contributed by atoms with E-state index in [1.54, 1.807) is 0 Å². The molecule has 0 bridgehead atoms. The Balaban J connectivity index is 1.70. The van der Waals surface area contributed by atoms with E-state index in [0.717, 1.165) is 12.8 Å². The van der Waals surface area contributed by atoms with Crippen LogP contribution in [0.1, 0.15) is 26.7 Å². The first kappa shape index (κ1) is 12.8. The van der Waals surface area contributed by atoms with E-state index in [2.05, 4.69) is 10.6 Å². The maximum atomic E-state index is 5.98. The molecule has 0 aromatic carbocycles. The zero-order valence-corrected chi connectivity index (χ0v) is 11.4. The molecular weight excluding hydrogens is 236 g/mol. The van der Waals surface area contributed by atoms with Crippen LogP contribution in [0.25, 0.3) is 0 Å². The van der Waals surface area contributed by atoms with E-state index >= 15 is 0 Å². The smallest absolute Gasteiger partial charge is 0.186 e. The van der Waals surface area contributed by atoms with E-state index < -0.39 is 0 Å². The largest absolute Gasteiger partial charge is 0.341 e. The fourth-order valence-electron chi connectivity index (χ4n) is 2.84. The van der Waals surface area contributed by atoms with Crippen LogP contribution >= 0.6 is 0 Å². The van der Waals surface area contributed by atoms with Crippen molar-refractivity contribution in [3.63, 3.8) is 0 Å². The Morgan fingerprint density at radius 1 is 0.833 bits per heavy atom. The summed E-state index contributed by atoms with van der Waals surface area (Å²) in [7, 11) is 3.76. The van der Waals surface area contributed by atoms with Gasteiger partial charge in [-0.3, -0.25) is 10.6 Å². The van der Waals surface area contributed by atoms with E-state index in [1.165, 1.54) is 0 Å². The minimum absolute atomic E-state index is 0.0668. The third-order valence-corrected chi connectivity index (χ3v) is 4.22. The Kier molecular flexibility index (Phi) is 2.93. The zero-order chi connectivity index (χ0) is 13.0. The van der Waals surface area contributed by atoms with Crippen LogP contribution in [0, 0.1) is 0 Å². The average molecular weight is 258 g/mol. The van der Waals surface area contributed by atoms with Crippen molar-refractivity contribution in [2.24, 2.45) is 0 Å². The van der Waals surface area contributed by atoms with Crippen LogP contribution in [0.15, 0.2) is 0 Å². The van der Waals surface area contributed by atoms with Crippen LogP contribution in [-0.4, -0.2) is 50.3 Å². The van der Waals surface area contributed by atoms with E-state index in [1.807, 2.05) is 27.9 Å². The standard InChI is InChI=1S/C12H22N2O4/c1-11(13-3)5-7-9(17-11)16-8-6-12(2,14-4)18-10(8)15-7/h7-10,13-14H,5-6H2,1-4H3. The Labute approximate surface area is 107 Å². The maximum Gasteiger partial charge on any atom is 0.186 e. The van der Waals surface area contributed by atoms with Crippen LogP contribution in [0.3, 0.4) is 0 Å². The van der Waals surface area contributed by atoms with Gasteiger partial charge in [-0.15, -0.1) is 0 Å². The van der Waals surface area contributed by atoms with E-state index in [4.69, 9.17) is 18.9 Å². The molecule has 6 nitrogen and oxygen atoms in total. The number of hydrogen-bond donors (Lipinski definition) is 2. The van der Waals surface area contributed by atoms with Crippen molar-refractivity contribution in [3.8, 4) is 0 Å². The van der Waals surface area contributed by atoms with Crippen molar-refractivity contribution in [2.75, 3.05) is 14.1 Å². The Bertz CT molecular complexity index is 286. The number of hydrogen-bond acceptors (Lipinski definition) is 6. The van der Waals surface area contributed by atoms with Crippen LogP contribution in [0.4, 0.5) is 0 Å². The summed E-state index contributed by atoms with van der Waals surface area (Å²) in [6.07, 6.45) is 0.789. The quantitative estimate of drug-likeness (QED) is 0.734. The first-order valence-electron chi connectivity index (χ1n) is 6.51. The Morgan fingerprint density at radius 2 is 1.22 bits per heavy atom. The van der Waals surface area contributed by atoms with Crippen LogP contribution in [-0.2, 0) is 18.9 Å².